The van der Waals surface area contributed by atoms with E-state index in [-0.39, 0.29) is 23.4 Å². The van der Waals surface area contributed by atoms with E-state index in [4.69, 9.17) is 4.74 Å². The van der Waals surface area contributed by atoms with Gasteiger partial charge in [-0.3, -0.25) is 0 Å². The van der Waals surface area contributed by atoms with E-state index >= 15 is 0 Å². The van der Waals surface area contributed by atoms with Crippen LogP contribution in [0.15, 0.2) is 18.2 Å². The molecule has 2 fully saturated rings. The number of aryl methyl sites for hydroxylation is 1. The van der Waals surface area contributed by atoms with Gasteiger partial charge in [0, 0.05) is 11.8 Å². The highest BCUT2D eigenvalue weighted by Crippen LogP contribution is 2.52. The van der Waals surface area contributed by atoms with Gasteiger partial charge in [-0.1, -0.05) is 31.7 Å². The second kappa shape index (κ2) is 5.36. The molecule has 20 heavy (non-hydrogen) atoms. The molecule has 0 radical (unpaired) electrons. The first kappa shape index (κ1) is 13.9. The van der Waals surface area contributed by atoms with E-state index in [9.17, 15) is 9.50 Å². The molecule has 0 aromatic heterocycles. The molecule has 1 spiro atoms. The summed E-state index contributed by atoms with van der Waals surface area (Å²) in [5.74, 6) is 0.0336. The number of aliphatic hydroxyl groups excluding tert-OH is 1. The standard InChI is InChI=1S/C17H23FO2/c1-12-6-7-13(18)14(10-12)20-16-11-15(19)17(16)8-4-2-3-5-9-17/h6-7,10,15-16,19H,2-5,8-9,11H2,1H3. The van der Waals surface area contributed by atoms with Crippen molar-refractivity contribution in [2.24, 2.45) is 5.41 Å². The van der Waals surface area contributed by atoms with E-state index in [1.807, 2.05) is 6.92 Å². The summed E-state index contributed by atoms with van der Waals surface area (Å²) in [5.41, 5.74) is 0.864. The molecule has 3 rings (SSSR count). The number of aliphatic hydroxyl groups is 1. The van der Waals surface area contributed by atoms with Crippen LogP contribution in [-0.4, -0.2) is 17.3 Å². The second-order valence-electron chi connectivity index (χ2n) is 6.44. The van der Waals surface area contributed by atoms with Crippen LogP contribution in [0.2, 0.25) is 0 Å². The van der Waals surface area contributed by atoms with Gasteiger partial charge >= 0.3 is 0 Å². The number of benzene rings is 1. The summed E-state index contributed by atoms with van der Waals surface area (Å²) in [5, 5.41) is 10.2. The fourth-order valence-corrected chi connectivity index (χ4v) is 3.79. The predicted molar refractivity (Wildman–Crippen MR) is 76.3 cm³/mol. The van der Waals surface area contributed by atoms with E-state index in [0.29, 0.717) is 12.2 Å². The molecule has 2 atom stereocenters. The average Bonchev–Trinajstić information content (AvgIpc) is 2.70. The highest BCUT2D eigenvalue weighted by atomic mass is 19.1. The van der Waals surface area contributed by atoms with Gasteiger partial charge < -0.3 is 9.84 Å². The highest BCUT2D eigenvalue weighted by molar-refractivity contribution is 5.30. The van der Waals surface area contributed by atoms with Crippen LogP contribution < -0.4 is 4.74 Å². The lowest BCUT2D eigenvalue weighted by Gasteiger charge is -2.53. The Morgan fingerprint density at radius 2 is 1.90 bits per heavy atom. The van der Waals surface area contributed by atoms with E-state index in [1.54, 1.807) is 12.1 Å². The van der Waals surface area contributed by atoms with Crippen molar-refractivity contribution in [1.29, 1.82) is 0 Å². The van der Waals surface area contributed by atoms with Gasteiger partial charge in [-0.05, 0) is 37.5 Å². The predicted octanol–water partition coefficient (Wildman–Crippen LogP) is 3.99. The van der Waals surface area contributed by atoms with Crippen LogP contribution in [0.4, 0.5) is 4.39 Å². The average molecular weight is 278 g/mol. The molecule has 3 heteroatoms. The van der Waals surface area contributed by atoms with E-state index < -0.39 is 0 Å². The fourth-order valence-electron chi connectivity index (χ4n) is 3.79. The molecular weight excluding hydrogens is 255 g/mol. The van der Waals surface area contributed by atoms with E-state index in [0.717, 1.165) is 31.2 Å². The summed E-state index contributed by atoms with van der Waals surface area (Å²) in [6.45, 7) is 1.93. The van der Waals surface area contributed by atoms with Gasteiger partial charge in [0.15, 0.2) is 11.6 Å². The molecule has 2 saturated carbocycles. The number of hydrogen-bond donors (Lipinski definition) is 1. The van der Waals surface area contributed by atoms with Crippen molar-refractivity contribution in [2.75, 3.05) is 0 Å². The van der Waals surface area contributed by atoms with Crippen LogP contribution >= 0.6 is 0 Å². The molecule has 2 nitrogen and oxygen atoms in total. The van der Waals surface area contributed by atoms with Gasteiger partial charge in [0.25, 0.3) is 0 Å². The lowest BCUT2D eigenvalue weighted by atomic mass is 9.59. The van der Waals surface area contributed by atoms with Gasteiger partial charge in [-0.2, -0.15) is 0 Å². The van der Waals surface area contributed by atoms with E-state index in [1.165, 1.54) is 18.9 Å². The van der Waals surface area contributed by atoms with Crippen LogP contribution in [0.25, 0.3) is 0 Å². The Kier molecular flexibility index (Phi) is 3.72. The van der Waals surface area contributed by atoms with Crippen molar-refractivity contribution in [2.45, 2.75) is 64.1 Å². The van der Waals surface area contributed by atoms with Crippen LogP contribution in [-0.2, 0) is 0 Å². The largest absolute Gasteiger partial charge is 0.487 e. The second-order valence-corrected chi connectivity index (χ2v) is 6.44. The number of hydrogen-bond acceptors (Lipinski definition) is 2. The summed E-state index contributed by atoms with van der Waals surface area (Å²) in [6.07, 6.45) is 7.09. The Balaban J connectivity index is 1.78. The first-order chi connectivity index (χ1) is 9.62. The summed E-state index contributed by atoms with van der Waals surface area (Å²) < 4.78 is 19.8. The zero-order chi connectivity index (χ0) is 14.2. The van der Waals surface area contributed by atoms with Gasteiger partial charge in [0.1, 0.15) is 6.10 Å². The Hall–Kier alpha value is -1.09. The summed E-state index contributed by atoms with van der Waals surface area (Å²) in [6, 6.07) is 4.96. The van der Waals surface area contributed by atoms with E-state index in [2.05, 4.69) is 0 Å². The Bertz CT molecular complexity index is 478. The Morgan fingerprint density at radius 1 is 1.20 bits per heavy atom. The molecule has 2 aliphatic rings. The maximum absolute atomic E-state index is 13.8. The highest BCUT2D eigenvalue weighted by Gasteiger charge is 2.55. The third-order valence-corrected chi connectivity index (χ3v) is 5.13. The lowest BCUT2D eigenvalue weighted by molar-refractivity contribution is -0.163. The molecule has 1 N–H and O–H groups in total. The quantitative estimate of drug-likeness (QED) is 0.886. The van der Waals surface area contributed by atoms with Crippen molar-refractivity contribution >= 4 is 0 Å². The minimum atomic E-state index is -0.305. The minimum absolute atomic E-state index is 0.0353. The zero-order valence-electron chi connectivity index (χ0n) is 12.1. The third-order valence-electron chi connectivity index (χ3n) is 5.13. The number of rotatable bonds is 2. The normalized spacial score (nSPS) is 28.8. The molecule has 2 aliphatic carbocycles. The fraction of sp³-hybridized carbons (Fsp3) is 0.647. The topological polar surface area (TPSA) is 29.5 Å². The molecule has 0 aliphatic heterocycles. The Labute approximate surface area is 120 Å². The number of ether oxygens (including phenoxy) is 1. The molecule has 1 aromatic carbocycles. The molecular formula is C17H23FO2. The molecule has 0 bridgehead atoms. The first-order valence-corrected chi connectivity index (χ1v) is 7.73. The molecule has 0 saturated heterocycles. The van der Waals surface area contributed by atoms with Crippen molar-refractivity contribution in [3.63, 3.8) is 0 Å². The maximum atomic E-state index is 13.8. The number of halogens is 1. The molecule has 1 aromatic rings. The molecule has 0 amide bonds. The summed E-state index contributed by atoms with van der Waals surface area (Å²) in [7, 11) is 0. The van der Waals surface area contributed by atoms with Crippen LogP contribution in [0.3, 0.4) is 0 Å². The maximum Gasteiger partial charge on any atom is 0.165 e. The molecule has 2 unspecified atom stereocenters. The van der Waals surface area contributed by atoms with Crippen molar-refractivity contribution in [3.05, 3.63) is 29.6 Å². The minimum Gasteiger partial charge on any atom is -0.487 e. The van der Waals surface area contributed by atoms with Gasteiger partial charge in [-0.15, -0.1) is 0 Å². The van der Waals surface area contributed by atoms with Gasteiger partial charge in [0.2, 0.25) is 0 Å². The van der Waals surface area contributed by atoms with Gasteiger partial charge in [-0.25, -0.2) is 4.39 Å². The first-order valence-electron chi connectivity index (χ1n) is 7.73. The zero-order valence-corrected chi connectivity index (χ0v) is 12.1. The molecule has 110 valence electrons. The van der Waals surface area contributed by atoms with Crippen molar-refractivity contribution in [1.82, 2.24) is 0 Å². The van der Waals surface area contributed by atoms with Crippen molar-refractivity contribution < 1.29 is 14.2 Å². The van der Waals surface area contributed by atoms with Gasteiger partial charge in [0.05, 0.1) is 6.10 Å². The smallest absolute Gasteiger partial charge is 0.165 e. The Morgan fingerprint density at radius 3 is 2.55 bits per heavy atom. The summed E-state index contributed by atoms with van der Waals surface area (Å²) in [4.78, 5) is 0. The summed E-state index contributed by atoms with van der Waals surface area (Å²) >= 11 is 0. The lowest BCUT2D eigenvalue weighted by Crippen LogP contribution is -2.59. The molecule has 0 heterocycles. The van der Waals surface area contributed by atoms with Crippen molar-refractivity contribution in [3.8, 4) is 5.75 Å². The SMILES string of the molecule is Cc1ccc(F)c(OC2CC(O)C23CCCCCC3)c1. The monoisotopic (exact) mass is 278 g/mol. The third kappa shape index (κ3) is 2.32. The van der Waals surface area contributed by atoms with Crippen LogP contribution in [0.5, 0.6) is 5.75 Å². The van der Waals surface area contributed by atoms with Crippen LogP contribution in [0.1, 0.15) is 50.5 Å². The van der Waals surface area contributed by atoms with Crippen LogP contribution in [0, 0.1) is 18.2 Å².